The van der Waals surface area contributed by atoms with E-state index in [0.29, 0.717) is 12.0 Å². The lowest BCUT2D eigenvalue weighted by Gasteiger charge is -2.48. The molecule has 2 nitrogen and oxygen atoms in total. The van der Waals surface area contributed by atoms with Crippen LogP contribution in [0.4, 0.5) is 0 Å². The van der Waals surface area contributed by atoms with Crippen molar-refractivity contribution in [2.45, 2.75) is 43.7 Å². The number of hydrogen-bond donors (Lipinski definition) is 1. The standard InChI is InChI=1S/C18H23NOS/c1-19-17(13-7-10-20-18(11-13)8-4-9-18)15-12-21-16-6-3-2-5-14(15)16/h2-3,5-6,12-13,17,19H,4,7-11H2,1H3. The van der Waals surface area contributed by atoms with E-state index in [1.54, 1.807) is 0 Å². The fraction of sp³-hybridized carbons (Fsp3) is 0.556. The number of nitrogens with one attached hydrogen (secondary N) is 1. The van der Waals surface area contributed by atoms with Crippen LogP contribution in [0.2, 0.25) is 0 Å². The Bertz CT molecular complexity index is 631. The minimum Gasteiger partial charge on any atom is -0.375 e. The van der Waals surface area contributed by atoms with Crippen molar-refractivity contribution < 1.29 is 4.74 Å². The lowest BCUT2D eigenvalue weighted by molar-refractivity contribution is -0.147. The SMILES string of the molecule is CNC(c1csc2ccccc12)C1CCOC2(CCC2)C1. The number of hydrogen-bond acceptors (Lipinski definition) is 3. The molecule has 1 saturated heterocycles. The Morgan fingerprint density at radius 1 is 1.33 bits per heavy atom. The zero-order valence-corrected chi connectivity index (χ0v) is 13.4. The van der Waals surface area contributed by atoms with Crippen LogP contribution in [-0.2, 0) is 4.74 Å². The molecule has 2 fully saturated rings. The van der Waals surface area contributed by atoms with Crippen LogP contribution in [0.5, 0.6) is 0 Å². The third-order valence-corrected chi connectivity index (χ3v) is 6.41. The minimum atomic E-state index is 0.226. The van der Waals surface area contributed by atoms with Crippen molar-refractivity contribution in [3.05, 3.63) is 35.2 Å². The molecule has 1 aliphatic carbocycles. The van der Waals surface area contributed by atoms with Gasteiger partial charge in [-0.2, -0.15) is 0 Å². The highest BCUT2D eigenvalue weighted by atomic mass is 32.1. The summed E-state index contributed by atoms with van der Waals surface area (Å²) in [5.74, 6) is 0.696. The summed E-state index contributed by atoms with van der Waals surface area (Å²) in [5.41, 5.74) is 1.71. The van der Waals surface area contributed by atoms with E-state index in [-0.39, 0.29) is 5.60 Å². The van der Waals surface area contributed by atoms with E-state index in [0.717, 1.165) is 6.61 Å². The van der Waals surface area contributed by atoms with Crippen LogP contribution in [0.3, 0.4) is 0 Å². The first kappa shape index (κ1) is 13.7. The molecule has 2 unspecified atom stereocenters. The number of thiophene rings is 1. The monoisotopic (exact) mass is 301 g/mol. The van der Waals surface area contributed by atoms with Gasteiger partial charge in [-0.3, -0.25) is 0 Å². The maximum Gasteiger partial charge on any atom is 0.0686 e. The van der Waals surface area contributed by atoms with E-state index in [1.807, 2.05) is 11.3 Å². The van der Waals surface area contributed by atoms with Crippen molar-refractivity contribution in [1.29, 1.82) is 0 Å². The van der Waals surface area contributed by atoms with Crippen molar-refractivity contribution >= 4 is 21.4 Å². The molecule has 2 aromatic rings. The van der Waals surface area contributed by atoms with E-state index < -0.39 is 0 Å². The fourth-order valence-corrected chi connectivity index (χ4v) is 5.15. The molecule has 3 heteroatoms. The molecule has 21 heavy (non-hydrogen) atoms. The van der Waals surface area contributed by atoms with Gasteiger partial charge in [0.05, 0.1) is 5.60 Å². The van der Waals surface area contributed by atoms with Crippen molar-refractivity contribution in [3.63, 3.8) is 0 Å². The van der Waals surface area contributed by atoms with Crippen molar-refractivity contribution in [1.82, 2.24) is 5.32 Å². The van der Waals surface area contributed by atoms with Crippen LogP contribution in [0.1, 0.15) is 43.7 Å². The van der Waals surface area contributed by atoms with Gasteiger partial charge in [-0.25, -0.2) is 0 Å². The second-order valence-corrected chi connectivity index (χ2v) is 7.50. The van der Waals surface area contributed by atoms with Gasteiger partial charge in [-0.1, -0.05) is 18.2 Å². The Kier molecular flexibility index (Phi) is 3.52. The normalized spacial score (nSPS) is 25.9. The summed E-state index contributed by atoms with van der Waals surface area (Å²) in [6, 6.07) is 9.25. The van der Waals surface area contributed by atoms with Crippen molar-refractivity contribution in [3.8, 4) is 0 Å². The highest BCUT2D eigenvalue weighted by molar-refractivity contribution is 7.17. The first-order valence-electron chi connectivity index (χ1n) is 8.09. The molecule has 0 radical (unpaired) electrons. The summed E-state index contributed by atoms with van der Waals surface area (Å²) >= 11 is 1.87. The van der Waals surface area contributed by atoms with E-state index in [2.05, 4.69) is 42.0 Å². The van der Waals surface area contributed by atoms with Gasteiger partial charge in [0.2, 0.25) is 0 Å². The van der Waals surface area contributed by atoms with Crippen molar-refractivity contribution in [2.24, 2.45) is 5.92 Å². The first-order valence-corrected chi connectivity index (χ1v) is 8.97. The van der Waals surface area contributed by atoms with Gasteiger partial charge >= 0.3 is 0 Å². The molecule has 2 heterocycles. The zero-order valence-electron chi connectivity index (χ0n) is 12.6. The summed E-state index contributed by atoms with van der Waals surface area (Å²) in [6.07, 6.45) is 6.28. The molecule has 4 rings (SSSR count). The lowest BCUT2D eigenvalue weighted by atomic mass is 9.69. The van der Waals surface area contributed by atoms with E-state index in [4.69, 9.17) is 4.74 Å². The van der Waals surface area contributed by atoms with Crippen LogP contribution in [0.15, 0.2) is 29.6 Å². The second kappa shape index (κ2) is 5.38. The zero-order chi connectivity index (χ0) is 14.3. The van der Waals surface area contributed by atoms with Gasteiger partial charge < -0.3 is 10.1 Å². The van der Waals surface area contributed by atoms with Crippen LogP contribution < -0.4 is 5.32 Å². The maximum absolute atomic E-state index is 6.11. The third kappa shape index (κ3) is 2.32. The van der Waals surface area contributed by atoms with E-state index in [1.165, 1.54) is 47.8 Å². The Labute approximate surface area is 130 Å². The molecule has 0 bridgehead atoms. The average Bonchev–Trinajstić information content (AvgIpc) is 2.91. The largest absolute Gasteiger partial charge is 0.375 e. The van der Waals surface area contributed by atoms with Crippen LogP contribution in [0.25, 0.3) is 10.1 Å². The van der Waals surface area contributed by atoms with Crippen LogP contribution in [0, 0.1) is 5.92 Å². The molecule has 1 aliphatic heterocycles. The molecule has 1 aromatic heterocycles. The molecule has 1 aromatic carbocycles. The van der Waals surface area contributed by atoms with Gasteiger partial charge in [-0.05, 0) is 67.5 Å². The summed E-state index contributed by atoms with van der Waals surface area (Å²) < 4.78 is 7.51. The quantitative estimate of drug-likeness (QED) is 0.900. The smallest absolute Gasteiger partial charge is 0.0686 e. The molecule has 0 amide bonds. The predicted molar refractivity (Wildman–Crippen MR) is 88.9 cm³/mol. The molecule has 1 spiro atoms. The number of ether oxygens (including phenoxy) is 1. The lowest BCUT2D eigenvalue weighted by Crippen LogP contribution is -2.47. The Morgan fingerprint density at radius 2 is 2.19 bits per heavy atom. The number of fused-ring (bicyclic) bond motifs is 1. The molecule has 112 valence electrons. The van der Waals surface area contributed by atoms with Crippen LogP contribution in [-0.4, -0.2) is 19.3 Å². The summed E-state index contributed by atoms with van der Waals surface area (Å²) in [5, 5.41) is 7.39. The maximum atomic E-state index is 6.11. The Morgan fingerprint density at radius 3 is 2.95 bits per heavy atom. The highest BCUT2D eigenvalue weighted by Crippen LogP contribution is 2.48. The molecule has 1 saturated carbocycles. The van der Waals surface area contributed by atoms with Gasteiger partial charge in [0.25, 0.3) is 0 Å². The van der Waals surface area contributed by atoms with Gasteiger partial charge in [0.15, 0.2) is 0 Å². The van der Waals surface area contributed by atoms with E-state index in [9.17, 15) is 0 Å². The Balaban J connectivity index is 1.64. The number of benzene rings is 1. The average molecular weight is 301 g/mol. The van der Waals surface area contributed by atoms with E-state index >= 15 is 0 Å². The molecular weight excluding hydrogens is 278 g/mol. The third-order valence-electron chi connectivity index (χ3n) is 5.42. The van der Waals surface area contributed by atoms with Crippen molar-refractivity contribution in [2.75, 3.05) is 13.7 Å². The molecule has 2 atom stereocenters. The van der Waals surface area contributed by atoms with Gasteiger partial charge in [0, 0.05) is 17.3 Å². The predicted octanol–water partition coefficient (Wildman–Crippen LogP) is 4.51. The summed E-state index contributed by atoms with van der Waals surface area (Å²) in [4.78, 5) is 0. The Hall–Kier alpha value is -0.900. The first-order chi connectivity index (χ1) is 10.3. The summed E-state index contributed by atoms with van der Waals surface area (Å²) in [7, 11) is 2.11. The fourth-order valence-electron chi connectivity index (χ4n) is 4.15. The van der Waals surface area contributed by atoms with Crippen LogP contribution >= 0.6 is 11.3 Å². The minimum absolute atomic E-state index is 0.226. The molecule has 1 N–H and O–H groups in total. The molecule has 2 aliphatic rings. The summed E-state index contributed by atoms with van der Waals surface area (Å²) in [6.45, 7) is 0.935. The van der Waals surface area contributed by atoms with Gasteiger partial charge in [0.1, 0.15) is 0 Å². The number of rotatable bonds is 3. The molecular formula is C18H23NOS. The highest BCUT2D eigenvalue weighted by Gasteiger charge is 2.44. The second-order valence-electron chi connectivity index (χ2n) is 6.59. The van der Waals surface area contributed by atoms with Gasteiger partial charge in [-0.15, -0.1) is 11.3 Å². The topological polar surface area (TPSA) is 21.3 Å².